The number of hydrogen-bond donors (Lipinski definition) is 1. The monoisotopic (exact) mass is 217 g/mol. The zero-order valence-corrected chi connectivity index (χ0v) is 9.21. The van der Waals surface area contributed by atoms with Crippen LogP contribution in [0.3, 0.4) is 0 Å². The van der Waals surface area contributed by atoms with Crippen LogP contribution in [0.4, 0.5) is 0 Å². The smallest absolute Gasteiger partial charge is 0.199 e. The van der Waals surface area contributed by atoms with Crippen molar-refractivity contribution in [3.05, 3.63) is 0 Å². The van der Waals surface area contributed by atoms with Gasteiger partial charge in [-0.2, -0.15) is 22.7 Å². The van der Waals surface area contributed by atoms with Crippen LogP contribution in [0, 0.1) is 11.3 Å². The van der Waals surface area contributed by atoms with Gasteiger partial charge in [0.2, 0.25) is 0 Å². The third-order valence-electron chi connectivity index (χ3n) is 2.00. The Morgan fingerprint density at radius 2 is 2.14 bits per heavy atom. The fourth-order valence-corrected chi connectivity index (χ4v) is 2.67. The summed E-state index contributed by atoms with van der Waals surface area (Å²) < 4.78 is 27.1. The summed E-state index contributed by atoms with van der Waals surface area (Å²) in [5, 5.41) is 8.51. The molecule has 1 fully saturated rings. The lowest BCUT2D eigenvalue weighted by Gasteiger charge is -2.23. The van der Waals surface area contributed by atoms with E-state index < -0.39 is 10.2 Å². The zero-order valence-electron chi connectivity index (χ0n) is 8.40. The summed E-state index contributed by atoms with van der Waals surface area (Å²) in [7, 11) is -3.46. The average Bonchev–Trinajstić information content (AvgIpc) is 2.82. The van der Waals surface area contributed by atoms with Crippen molar-refractivity contribution in [2.75, 3.05) is 6.54 Å². The highest BCUT2D eigenvalue weighted by Crippen LogP contribution is 2.21. The maximum absolute atomic E-state index is 11.7. The molecule has 0 heterocycles. The van der Waals surface area contributed by atoms with Crippen LogP contribution in [0.5, 0.6) is 0 Å². The van der Waals surface area contributed by atoms with Crippen LogP contribution >= 0.6 is 0 Å². The summed E-state index contributed by atoms with van der Waals surface area (Å²) in [5.74, 6) is 0. The fourth-order valence-electron chi connectivity index (χ4n) is 1.09. The Kier molecular flexibility index (Phi) is 3.48. The minimum atomic E-state index is -3.46. The van der Waals surface area contributed by atoms with Crippen molar-refractivity contribution in [1.82, 2.24) is 9.03 Å². The van der Waals surface area contributed by atoms with E-state index in [2.05, 4.69) is 4.72 Å². The van der Waals surface area contributed by atoms with Crippen molar-refractivity contribution in [3.63, 3.8) is 0 Å². The number of rotatable bonds is 5. The summed E-state index contributed by atoms with van der Waals surface area (Å²) >= 11 is 0. The summed E-state index contributed by atoms with van der Waals surface area (Å²) in [6.07, 6.45) is 1.80. The van der Waals surface area contributed by atoms with Crippen LogP contribution < -0.4 is 4.72 Å². The number of nitrogens with one attached hydrogen (secondary N) is 1. The molecule has 0 saturated heterocycles. The molecular weight excluding hydrogens is 202 g/mol. The molecular formula is C8H15N3O2S. The van der Waals surface area contributed by atoms with E-state index in [4.69, 9.17) is 5.26 Å². The molecule has 1 aliphatic rings. The molecule has 0 aromatic rings. The molecule has 0 spiro atoms. The van der Waals surface area contributed by atoms with E-state index >= 15 is 0 Å². The molecule has 0 bridgehead atoms. The third-order valence-corrected chi connectivity index (χ3v) is 3.80. The topological polar surface area (TPSA) is 73.2 Å². The molecule has 1 N–H and O–H groups in total. The van der Waals surface area contributed by atoms with E-state index in [1.807, 2.05) is 6.07 Å². The lowest BCUT2D eigenvalue weighted by molar-refractivity contribution is 0.378. The normalized spacial score (nSPS) is 17.4. The molecule has 80 valence electrons. The Labute approximate surface area is 84.9 Å². The van der Waals surface area contributed by atoms with Crippen LogP contribution in [0.1, 0.15) is 26.7 Å². The Bertz CT molecular complexity index is 327. The van der Waals surface area contributed by atoms with Crippen molar-refractivity contribution in [1.29, 1.82) is 5.26 Å². The van der Waals surface area contributed by atoms with Crippen molar-refractivity contribution < 1.29 is 8.42 Å². The first-order chi connectivity index (χ1) is 6.47. The SMILES string of the molecule is CC(C)N(CC#N)S(=O)(=O)NC1CC1. The standard InChI is InChI=1S/C8H15N3O2S/c1-7(2)11(6-5-9)14(12,13)10-8-3-4-8/h7-8,10H,3-4,6H2,1-2H3. The zero-order chi connectivity index (χ0) is 10.8. The fraction of sp³-hybridized carbons (Fsp3) is 0.875. The van der Waals surface area contributed by atoms with Gasteiger partial charge in [0, 0.05) is 12.1 Å². The van der Waals surface area contributed by atoms with Crippen LogP contribution in [-0.2, 0) is 10.2 Å². The van der Waals surface area contributed by atoms with E-state index in [1.54, 1.807) is 13.8 Å². The maximum Gasteiger partial charge on any atom is 0.280 e. The van der Waals surface area contributed by atoms with Gasteiger partial charge >= 0.3 is 0 Å². The molecule has 0 aromatic carbocycles. The molecule has 5 nitrogen and oxygen atoms in total. The van der Waals surface area contributed by atoms with E-state index in [1.165, 1.54) is 4.31 Å². The molecule has 0 amide bonds. The van der Waals surface area contributed by atoms with Crippen LogP contribution in [0.15, 0.2) is 0 Å². The van der Waals surface area contributed by atoms with Gasteiger partial charge in [0.1, 0.15) is 6.54 Å². The maximum atomic E-state index is 11.7. The van der Waals surface area contributed by atoms with Gasteiger partial charge in [-0.3, -0.25) is 0 Å². The molecule has 1 rings (SSSR count). The summed E-state index contributed by atoms with van der Waals surface area (Å²) in [6.45, 7) is 3.41. The first kappa shape index (κ1) is 11.4. The van der Waals surface area contributed by atoms with Gasteiger partial charge in [-0.15, -0.1) is 0 Å². The molecule has 0 radical (unpaired) electrons. The predicted octanol–water partition coefficient (Wildman–Crippen LogP) is 0.217. The molecule has 14 heavy (non-hydrogen) atoms. The van der Waals surface area contributed by atoms with Crippen molar-refractivity contribution >= 4 is 10.2 Å². The van der Waals surface area contributed by atoms with Gasteiger partial charge in [0.25, 0.3) is 10.2 Å². The molecule has 6 heteroatoms. The summed E-state index contributed by atoms with van der Waals surface area (Å²) in [6, 6.07) is 1.75. The first-order valence-electron chi connectivity index (χ1n) is 4.63. The van der Waals surface area contributed by atoms with Crippen molar-refractivity contribution in [2.24, 2.45) is 0 Å². The second-order valence-electron chi connectivity index (χ2n) is 3.69. The molecule has 0 aliphatic heterocycles. The Morgan fingerprint density at radius 3 is 2.50 bits per heavy atom. The molecule has 0 unspecified atom stereocenters. The second-order valence-corrected chi connectivity index (χ2v) is 5.35. The van der Waals surface area contributed by atoms with E-state index in [0.29, 0.717) is 0 Å². The van der Waals surface area contributed by atoms with Gasteiger partial charge in [-0.05, 0) is 26.7 Å². The predicted molar refractivity (Wildman–Crippen MR) is 52.5 cm³/mol. The average molecular weight is 217 g/mol. The first-order valence-corrected chi connectivity index (χ1v) is 6.07. The lowest BCUT2D eigenvalue weighted by atomic mass is 10.4. The van der Waals surface area contributed by atoms with Crippen molar-refractivity contribution in [2.45, 2.75) is 38.8 Å². The Hall–Kier alpha value is -0.640. The van der Waals surface area contributed by atoms with Gasteiger partial charge in [-0.1, -0.05) is 0 Å². The third kappa shape index (κ3) is 2.94. The quantitative estimate of drug-likeness (QED) is 0.669. The van der Waals surface area contributed by atoms with Crippen LogP contribution in [-0.4, -0.2) is 31.4 Å². The van der Waals surface area contributed by atoms with Crippen LogP contribution in [0.25, 0.3) is 0 Å². The largest absolute Gasteiger partial charge is 0.280 e. The van der Waals surface area contributed by atoms with E-state index in [-0.39, 0.29) is 18.6 Å². The van der Waals surface area contributed by atoms with Crippen LogP contribution in [0.2, 0.25) is 0 Å². The summed E-state index contributed by atoms with van der Waals surface area (Å²) in [4.78, 5) is 0. The van der Waals surface area contributed by atoms with Crippen molar-refractivity contribution in [3.8, 4) is 6.07 Å². The van der Waals surface area contributed by atoms with Gasteiger partial charge in [0.15, 0.2) is 0 Å². The second kappa shape index (κ2) is 4.26. The van der Waals surface area contributed by atoms with E-state index in [0.717, 1.165) is 12.8 Å². The molecule has 0 aromatic heterocycles. The molecule has 1 aliphatic carbocycles. The highest BCUT2D eigenvalue weighted by Gasteiger charge is 2.32. The number of nitriles is 1. The summed E-state index contributed by atoms with van der Waals surface area (Å²) in [5.41, 5.74) is 0. The lowest BCUT2D eigenvalue weighted by Crippen LogP contribution is -2.45. The minimum absolute atomic E-state index is 0.0833. The highest BCUT2D eigenvalue weighted by atomic mass is 32.2. The number of hydrogen-bond acceptors (Lipinski definition) is 3. The molecule has 0 atom stereocenters. The van der Waals surface area contributed by atoms with Gasteiger partial charge in [0.05, 0.1) is 6.07 Å². The number of nitrogens with zero attached hydrogens (tertiary/aromatic N) is 2. The van der Waals surface area contributed by atoms with Gasteiger partial charge in [-0.25, -0.2) is 0 Å². The highest BCUT2D eigenvalue weighted by molar-refractivity contribution is 7.87. The molecule has 1 saturated carbocycles. The Balaban J connectivity index is 2.69. The Morgan fingerprint density at radius 1 is 1.57 bits per heavy atom. The van der Waals surface area contributed by atoms with Gasteiger partial charge < -0.3 is 0 Å². The minimum Gasteiger partial charge on any atom is -0.199 e. The van der Waals surface area contributed by atoms with E-state index in [9.17, 15) is 8.42 Å².